The molecule has 0 atom stereocenters. The van der Waals surface area contributed by atoms with Crippen molar-refractivity contribution in [2.75, 3.05) is 0 Å². The number of carbonyl (C=O) groups excluding carboxylic acids is 2. The molecule has 1 aliphatic rings. The number of nitrogens with two attached hydrogens (primary N) is 1. The molecular formula is C14H15FN2O2S. The van der Waals surface area contributed by atoms with Gasteiger partial charge in [-0.15, -0.1) is 0 Å². The molecule has 1 fully saturated rings. The highest BCUT2D eigenvalue weighted by atomic mass is 32.1. The lowest BCUT2D eigenvalue weighted by Gasteiger charge is -2.18. The number of likely N-dealkylation sites (tertiary alicyclic amines) is 1. The maximum absolute atomic E-state index is 14.2. The lowest BCUT2D eigenvalue weighted by Crippen LogP contribution is -2.33. The second-order valence-electron chi connectivity index (χ2n) is 5.49. The highest BCUT2D eigenvalue weighted by molar-refractivity contribution is 7.80. The standard InChI is InChI=1S/C14H15FN2O2S/c1-14(2)6-10(18)17(13(14)19)7-8-4-3-5-9(11(8)15)12(16)20/h3-5H,6-7H2,1-2H3,(H2,16,20). The van der Waals surface area contributed by atoms with Gasteiger partial charge < -0.3 is 5.73 Å². The van der Waals surface area contributed by atoms with Crippen LogP contribution in [0.25, 0.3) is 0 Å². The summed E-state index contributed by atoms with van der Waals surface area (Å²) in [6, 6.07) is 4.59. The molecule has 0 unspecified atom stereocenters. The highest BCUT2D eigenvalue weighted by Gasteiger charge is 2.44. The van der Waals surface area contributed by atoms with Gasteiger partial charge in [0.1, 0.15) is 10.8 Å². The molecular weight excluding hydrogens is 279 g/mol. The molecule has 1 aromatic rings. The Bertz CT molecular complexity index is 613. The number of halogens is 1. The van der Waals surface area contributed by atoms with Crippen LogP contribution in [0, 0.1) is 11.2 Å². The average Bonchev–Trinajstić information content (AvgIpc) is 2.53. The van der Waals surface area contributed by atoms with Crippen LogP contribution in [0.3, 0.4) is 0 Å². The van der Waals surface area contributed by atoms with E-state index in [0.717, 1.165) is 4.90 Å². The molecule has 1 heterocycles. The molecule has 0 bridgehead atoms. The number of hydrogen-bond acceptors (Lipinski definition) is 3. The first-order chi connectivity index (χ1) is 9.24. The molecule has 4 nitrogen and oxygen atoms in total. The van der Waals surface area contributed by atoms with Gasteiger partial charge >= 0.3 is 0 Å². The van der Waals surface area contributed by atoms with E-state index in [1.54, 1.807) is 19.9 Å². The Morgan fingerprint density at radius 2 is 2.10 bits per heavy atom. The Morgan fingerprint density at radius 1 is 1.45 bits per heavy atom. The minimum absolute atomic E-state index is 0.0521. The van der Waals surface area contributed by atoms with E-state index >= 15 is 0 Å². The van der Waals surface area contributed by atoms with Crippen LogP contribution in [0.4, 0.5) is 4.39 Å². The van der Waals surface area contributed by atoms with Crippen LogP contribution in [0.5, 0.6) is 0 Å². The number of hydrogen-bond donors (Lipinski definition) is 1. The van der Waals surface area contributed by atoms with Crippen LogP contribution >= 0.6 is 12.2 Å². The van der Waals surface area contributed by atoms with Gasteiger partial charge in [-0.25, -0.2) is 4.39 Å². The van der Waals surface area contributed by atoms with Gasteiger partial charge in [-0.3, -0.25) is 14.5 Å². The van der Waals surface area contributed by atoms with Crippen LogP contribution in [0.15, 0.2) is 18.2 Å². The summed E-state index contributed by atoms with van der Waals surface area (Å²) < 4.78 is 14.2. The molecule has 6 heteroatoms. The molecule has 2 rings (SSSR count). The number of thiocarbonyl (C=S) groups is 1. The molecule has 2 amide bonds. The minimum atomic E-state index is -0.728. The zero-order valence-electron chi connectivity index (χ0n) is 11.3. The second kappa shape index (κ2) is 4.94. The van der Waals surface area contributed by atoms with Gasteiger partial charge in [0.25, 0.3) is 0 Å². The van der Waals surface area contributed by atoms with E-state index in [1.807, 2.05) is 0 Å². The van der Waals surface area contributed by atoms with Crippen molar-refractivity contribution in [2.45, 2.75) is 26.8 Å². The van der Waals surface area contributed by atoms with Crippen molar-refractivity contribution in [1.29, 1.82) is 0 Å². The second-order valence-corrected chi connectivity index (χ2v) is 5.93. The zero-order valence-corrected chi connectivity index (χ0v) is 12.1. The van der Waals surface area contributed by atoms with Crippen molar-refractivity contribution in [1.82, 2.24) is 4.90 Å². The fourth-order valence-corrected chi connectivity index (χ4v) is 2.41. The predicted octanol–water partition coefficient (Wildman–Crippen LogP) is 1.75. The van der Waals surface area contributed by atoms with E-state index in [0.29, 0.717) is 0 Å². The molecule has 1 aliphatic heterocycles. The Kier molecular flexibility index (Phi) is 3.60. The highest BCUT2D eigenvalue weighted by Crippen LogP contribution is 2.33. The van der Waals surface area contributed by atoms with E-state index in [4.69, 9.17) is 18.0 Å². The molecule has 0 aliphatic carbocycles. The van der Waals surface area contributed by atoms with Crippen molar-refractivity contribution < 1.29 is 14.0 Å². The summed E-state index contributed by atoms with van der Waals surface area (Å²) >= 11 is 4.76. The normalized spacial score (nSPS) is 17.6. The summed E-state index contributed by atoms with van der Waals surface area (Å²) in [4.78, 5) is 25.0. The largest absolute Gasteiger partial charge is 0.389 e. The van der Waals surface area contributed by atoms with Gasteiger partial charge in [-0.05, 0) is 6.07 Å². The van der Waals surface area contributed by atoms with Crippen molar-refractivity contribution in [3.05, 3.63) is 35.1 Å². The van der Waals surface area contributed by atoms with Crippen molar-refractivity contribution in [3.63, 3.8) is 0 Å². The Hall–Kier alpha value is -1.82. The van der Waals surface area contributed by atoms with Gasteiger partial charge in [0.15, 0.2) is 0 Å². The first-order valence-electron chi connectivity index (χ1n) is 6.16. The smallest absolute Gasteiger partial charge is 0.235 e. The molecule has 0 radical (unpaired) electrons. The van der Waals surface area contributed by atoms with Gasteiger partial charge in [0.05, 0.1) is 12.0 Å². The van der Waals surface area contributed by atoms with Crippen molar-refractivity contribution in [2.24, 2.45) is 11.1 Å². The summed E-state index contributed by atoms with van der Waals surface area (Å²) in [7, 11) is 0. The lowest BCUT2D eigenvalue weighted by atomic mass is 9.92. The summed E-state index contributed by atoms with van der Waals surface area (Å²) in [5, 5.41) is 0. The van der Waals surface area contributed by atoms with E-state index in [9.17, 15) is 14.0 Å². The number of imide groups is 1. The number of carbonyl (C=O) groups is 2. The molecule has 1 aromatic carbocycles. The molecule has 20 heavy (non-hydrogen) atoms. The molecule has 2 N–H and O–H groups in total. The summed E-state index contributed by atoms with van der Waals surface area (Å²) in [5.41, 5.74) is 5.06. The molecule has 106 valence electrons. The van der Waals surface area contributed by atoms with E-state index < -0.39 is 11.2 Å². The fourth-order valence-electron chi connectivity index (χ4n) is 2.25. The summed E-state index contributed by atoms with van der Waals surface area (Å²) in [6.07, 6.45) is 0.141. The first kappa shape index (κ1) is 14.6. The Labute approximate surface area is 121 Å². The van der Waals surface area contributed by atoms with Crippen LogP contribution < -0.4 is 5.73 Å². The van der Waals surface area contributed by atoms with Crippen LogP contribution in [-0.2, 0) is 16.1 Å². The van der Waals surface area contributed by atoms with Crippen LogP contribution in [0.1, 0.15) is 31.4 Å². The van der Waals surface area contributed by atoms with Crippen LogP contribution in [-0.4, -0.2) is 21.7 Å². The maximum Gasteiger partial charge on any atom is 0.235 e. The lowest BCUT2D eigenvalue weighted by molar-refractivity contribution is -0.141. The monoisotopic (exact) mass is 294 g/mol. The van der Waals surface area contributed by atoms with Crippen LogP contribution in [0.2, 0.25) is 0 Å². The maximum atomic E-state index is 14.2. The van der Waals surface area contributed by atoms with Gasteiger partial charge in [-0.1, -0.05) is 38.2 Å². The molecule has 0 aromatic heterocycles. The predicted molar refractivity (Wildman–Crippen MR) is 76.2 cm³/mol. The summed E-state index contributed by atoms with van der Waals surface area (Å²) in [6.45, 7) is 3.31. The molecule has 0 spiro atoms. The third kappa shape index (κ3) is 2.43. The number of rotatable bonds is 3. The molecule has 0 saturated carbocycles. The van der Waals surface area contributed by atoms with E-state index in [2.05, 4.69) is 0 Å². The molecule has 1 saturated heterocycles. The third-order valence-corrected chi connectivity index (χ3v) is 3.61. The first-order valence-corrected chi connectivity index (χ1v) is 6.57. The minimum Gasteiger partial charge on any atom is -0.389 e. The third-order valence-electron chi connectivity index (χ3n) is 3.39. The Morgan fingerprint density at radius 3 is 2.60 bits per heavy atom. The number of amides is 2. The number of benzene rings is 1. The van der Waals surface area contributed by atoms with Gasteiger partial charge in [0, 0.05) is 17.5 Å². The fraction of sp³-hybridized carbons (Fsp3) is 0.357. The van der Waals surface area contributed by atoms with E-state index in [-0.39, 0.29) is 40.9 Å². The number of nitrogens with zero attached hydrogens (tertiary/aromatic N) is 1. The Balaban J connectivity index is 2.32. The van der Waals surface area contributed by atoms with E-state index in [1.165, 1.54) is 12.1 Å². The topological polar surface area (TPSA) is 63.4 Å². The summed E-state index contributed by atoms with van der Waals surface area (Å²) in [5.74, 6) is -1.16. The van der Waals surface area contributed by atoms with Gasteiger partial charge in [0.2, 0.25) is 11.8 Å². The zero-order chi connectivity index (χ0) is 15.1. The quantitative estimate of drug-likeness (QED) is 0.681. The average molecular weight is 294 g/mol. The SMILES string of the molecule is CC1(C)CC(=O)N(Cc2cccc(C(N)=S)c2F)C1=O. The van der Waals surface area contributed by atoms with Crippen molar-refractivity contribution >= 4 is 29.0 Å². The van der Waals surface area contributed by atoms with Gasteiger partial charge in [-0.2, -0.15) is 0 Å². The van der Waals surface area contributed by atoms with Crippen molar-refractivity contribution in [3.8, 4) is 0 Å².